The number of halogens is 1. The van der Waals surface area contributed by atoms with E-state index in [9.17, 15) is 0 Å². The van der Waals surface area contributed by atoms with E-state index in [-0.39, 0.29) is 0 Å². The number of allylic oxidation sites excluding steroid dienone is 1. The second-order valence-corrected chi connectivity index (χ2v) is 4.03. The van der Waals surface area contributed by atoms with Crippen LogP contribution in [0.2, 0.25) is 5.15 Å². The molecule has 1 N–H and O–H groups in total. The third-order valence-electron chi connectivity index (χ3n) is 2.57. The van der Waals surface area contributed by atoms with E-state index in [1.54, 1.807) is 7.11 Å². The fourth-order valence-electron chi connectivity index (χ4n) is 1.75. The molecule has 1 aliphatic rings. The van der Waals surface area contributed by atoms with Crippen molar-refractivity contribution in [3.63, 3.8) is 0 Å². The minimum Gasteiger partial charge on any atom is -0.490 e. The van der Waals surface area contributed by atoms with E-state index in [1.165, 1.54) is 6.33 Å². The Morgan fingerprint density at radius 1 is 1.44 bits per heavy atom. The lowest BCUT2D eigenvalue weighted by Crippen LogP contribution is -2.21. The lowest BCUT2D eigenvalue weighted by molar-refractivity contribution is 0.412. The van der Waals surface area contributed by atoms with E-state index >= 15 is 0 Å². The Labute approximate surface area is 99.7 Å². The van der Waals surface area contributed by atoms with Crippen molar-refractivity contribution in [3.05, 3.63) is 23.6 Å². The summed E-state index contributed by atoms with van der Waals surface area (Å²) in [5.74, 6) is 1.18. The first-order valence-electron chi connectivity index (χ1n) is 5.27. The van der Waals surface area contributed by atoms with Gasteiger partial charge in [0.15, 0.2) is 16.7 Å². The number of ether oxygens (including phenoxy) is 1. The Hall–Kier alpha value is -1.29. The topological polar surface area (TPSA) is 47.0 Å². The van der Waals surface area contributed by atoms with E-state index in [0.29, 0.717) is 22.8 Å². The molecule has 0 amide bonds. The molecule has 0 fully saturated rings. The van der Waals surface area contributed by atoms with Gasteiger partial charge in [-0.3, -0.25) is 0 Å². The van der Waals surface area contributed by atoms with Crippen LogP contribution < -0.4 is 10.1 Å². The molecule has 0 radical (unpaired) electrons. The van der Waals surface area contributed by atoms with Gasteiger partial charge in [0, 0.05) is 6.04 Å². The number of hydrogen-bond donors (Lipinski definition) is 1. The third-order valence-corrected chi connectivity index (χ3v) is 2.84. The van der Waals surface area contributed by atoms with Crippen LogP contribution in [0.3, 0.4) is 0 Å². The summed E-state index contributed by atoms with van der Waals surface area (Å²) in [6, 6.07) is 0.393. The maximum absolute atomic E-state index is 5.92. The van der Waals surface area contributed by atoms with E-state index in [4.69, 9.17) is 16.3 Å². The summed E-state index contributed by atoms with van der Waals surface area (Å²) in [4.78, 5) is 8.03. The Bertz CT molecular complexity index is 395. The zero-order chi connectivity index (χ0) is 11.4. The van der Waals surface area contributed by atoms with Crippen molar-refractivity contribution >= 4 is 17.4 Å². The molecule has 1 unspecified atom stereocenters. The summed E-state index contributed by atoms with van der Waals surface area (Å²) < 4.78 is 5.18. The highest BCUT2D eigenvalue weighted by Crippen LogP contribution is 2.30. The SMILES string of the molecule is COc1c(Cl)ncnc1NC1CC=CCC1. The van der Waals surface area contributed by atoms with Gasteiger partial charge in [-0.05, 0) is 19.3 Å². The first kappa shape index (κ1) is 11.2. The predicted molar refractivity (Wildman–Crippen MR) is 64.0 cm³/mol. The molecule has 5 heteroatoms. The lowest BCUT2D eigenvalue weighted by atomic mass is 10.0. The number of methoxy groups -OCH3 is 1. The zero-order valence-electron chi connectivity index (χ0n) is 9.11. The molecular formula is C11H14ClN3O. The number of aromatic nitrogens is 2. The number of rotatable bonds is 3. The molecule has 0 saturated carbocycles. The first-order chi connectivity index (χ1) is 7.81. The van der Waals surface area contributed by atoms with Crippen molar-refractivity contribution in [2.24, 2.45) is 0 Å². The first-order valence-corrected chi connectivity index (χ1v) is 5.65. The average molecular weight is 240 g/mol. The number of nitrogens with zero attached hydrogens (tertiary/aromatic N) is 2. The standard InChI is InChI=1S/C11H14ClN3O/c1-16-9-10(12)13-7-14-11(9)15-8-5-3-2-4-6-8/h2-3,7-8H,4-6H2,1H3,(H,13,14,15). The summed E-state index contributed by atoms with van der Waals surface area (Å²) >= 11 is 5.92. The molecule has 1 heterocycles. The number of anilines is 1. The van der Waals surface area contributed by atoms with Gasteiger partial charge in [-0.1, -0.05) is 23.8 Å². The second-order valence-electron chi connectivity index (χ2n) is 3.67. The molecule has 0 bridgehead atoms. The molecule has 1 aromatic heterocycles. The highest BCUT2D eigenvalue weighted by molar-refractivity contribution is 6.31. The van der Waals surface area contributed by atoms with Crippen LogP contribution >= 0.6 is 11.6 Å². The van der Waals surface area contributed by atoms with Crippen molar-refractivity contribution in [1.29, 1.82) is 0 Å². The van der Waals surface area contributed by atoms with Gasteiger partial charge < -0.3 is 10.1 Å². The van der Waals surface area contributed by atoms with Gasteiger partial charge >= 0.3 is 0 Å². The second kappa shape index (κ2) is 5.16. The van der Waals surface area contributed by atoms with Crippen LogP contribution in [-0.4, -0.2) is 23.1 Å². The molecule has 1 aromatic rings. The van der Waals surface area contributed by atoms with Gasteiger partial charge in [-0.25, -0.2) is 9.97 Å². The highest BCUT2D eigenvalue weighted by Gasteiger charge is 2.15. The van der Waals surface area contributed by atoms with Gasteiger partial charge in [-0.2, -0.15) is 0 Å². The summed E-state index contributed by atoms with van der Waals surface area (Å²) in [7, 11) is 1.57. The molecule has 1 atom stereocenters. The van der Waals surface area contributed by atoms with Gasteiger partial charge in [0.05, 0.1) is 7.11 Å². The quantitative estimate of drug-likeness (QED) is 0.651. The molecule has 16 heavy (non-hydrogen) atoms. The molecule has 1 aliphatic carbocycles. The Morgan fingerprint density at radius 2 is 2.31 bits per heavy atom. The third kappa shape index (κ3) is 2.44. The van der Waals surface area contributed by atoms with Gasteiger partial charge in [0.1, 0.15) is 6.33 Å². The maximum Gasteiger partial charge on any atom is 0.198 e. The number of nitrogens with one attached hydrogen (secondary N) is 1. The normalized spacial score (nSPS) is 19.5. The predicted octanol–water partition coefficient (Wildman–Crippen LogP) is 2.66. The van der Waals surface area contributed by atoms with Gasteiger partial charge in [-0.15, -0.1) is 0 Å². The molecule has 4 nitrogen and oxygen atoms in total. The minimum atomic E-state index is 0.339. The Balaban J connectivity index is 2.14. The van der Waals surface area contributed by atoms with E-state index in [2.05, 4.69) is 27.4 Å². The van der Waals surface area contributed by atoms with Crippen LogP contribution in [0.5, 0.6) is 5.75 Å². The highest BCUT2D eigenvalue weighted by atomic mass is 35.5. The van der Waals surface area contributed by atoms with Gasteiger partial charge in [0.2, 0.25) is 0 Å². The van der Waals surface area contributed by atoms with Crippen molar-refractivity contribution < 1.29 is 4.74 Å². The maximum atomic E-state index is 5.92. The van der Waals surface area contributed by atoms with Crippen LogP contribution in [0.1, 0.15) is 19.3 Å². The summed E-state index contributed by atoms with van der Waals surface area (Å²) in [6.45, 7) is 0. The van der Waals surface area contributed by atoms with Crippen molar-refractivity contribution in [2.45, 2.75) is 25.3 Å². The van der Waals surface area contributed by atoms with E-state index in [0.717, 1.165) is 19.3 Å². The molecule has 2 rings (SSSR count). The molecule has 86 valence electrons. The number of hydrogen-bond acceptors (Lipinski definition) is 4. The summed E-state index contributed by atoms with van der Waals surface area (Å²) in [5, 5.41) is 3.67. The summed E-state index contributed by atoms with van der Waals surface area (Å²) in [6.07, 6.45) is 9.01. The molecule has 0 spiro atoms. The fourth-order valence-corrected chi connectivity index (χ4v) is 1.96. The van der Waals surface area contributed by atoms with Crippen LogP contribution in [0.15, 0.2) is 18.5 Å². The molecule has 0 saturated heterocycles. The van der Waals surface area contributed by atoms with Crippen LogP contribution in [0, 0.1) is 0 Å². The van der Waals surface area contributed by atoms with Gasteiger partial charge in [0.25, 0.3) is 0 Å². The Morgan fingerprint density at radius 3 is 3.00 bits per heavy atom. The lowest BCUT2D eigenvalue weighted by Gasteiger charge is -2.21. The Kier molecular flexibility index (Phi) is 3.62. The largest absolute Gasteiger partial charge is 0.490 e. The minimum absolute atomic E-state index is 0.339. The van der Waals surface area contributed by atoms with E-state index in [1.807, 2.05) is 0 Å². The average Bonchev–Trinajstić information content (AvgIpc) is 2.31. The monoisotopic (exact) mass is 239 g/mol. The fraction of sp³-hybridized carbons (Fsp3) is 0.455. The molecule has 0 aromatic carbocycles. The van der Waals surface area contributed by atoms with Crippen LogP contribution in [0.4, 0.5) is 5.82 Å². The van der Waals surface area contributed by atoms with E-state index < -0.39 is 0 Å². The van der Waals surface area contributed by atoms with Crippen LogP contribution in [-0.2, 0) is 0 Å². The molecule has 0 aliphatic heterocycles. The van der Waals surface area contributed by atoms with Crippen molar-refractivity contribution in [1.82, 2.24) is 9.97 Å². The van der Waals surface area contributed by atoms with Crippen molar-refractivity contribution in [3.8, 4) is 5.75 Å². The smallest absolute Gasteiger partial charge is 0.198 e. The summed E-state index contributed by atoms with van der Waals surface area (Å²) in [5.41, 5.74) is 0. The molecular weight excluding hydrogens is 226 g/mol. The van der Waals surface area contributed by atoms with Crippen molar-refractivity contribution in [2.75, 3.05) is 12.4 Å². The zero-order valence-corrected chi connectivity index (χ0v) is 9.87. The van der Waals surface area contributed by atoms with Crippen LogP contribution in [0.25, 0.3) is 0 Å².